The van der Waals surface area contributed by atoms with Gasteiger partial charge in [0.25, 0.3) is 0 Å². The van der Waals surface area contributed by atoms with Crippen LogP contribution >= 0.6 is 0 Å². The normalized spacial score (nSPS) is 10.9. The van der Waals surface area contributed by atoms with E-state index < -0.39 is 18.5 Å². The second-order valence-electron chi connectivity index (χ2n) is 8.39. The van der Waals surface area contributed by atoms with Crippen LogP contribution in [-0.4, -0.2) is 40.3 Å². The molecule has 0 aliphatic carbocycles. The van der Waals surface area contributed by atoms with Crippen molar-refractivity contribution in [3.8, 4) is 17.2 Å². The van der Waals surface area contributed by atoms with Gasteiger partial charge in [-0.1, -0.05) is 54.6 Å². The number of nitrogens with zero attached hydrogens (tertiary/aromatic N) is 1. The highest BCUT2D eigenvalue weighted by Gasteiger charge is 2.11. The van der Waals surface area contributed by atoms with Crippen molar-refractivity contribution in [2.24, 2.45) is 0 Å². The molecule has 1 heterocycles. The number of carbonyl (C=O) groups is 2. The molecule has 0 unspecified atom stereocenters. The highest BCUT2D eigenvalue weighted by Crippen LogP contribution is 2.31. The number of hydrogen-bond donors (Lipinski definition) is 2. The summed E-state index contributed by atoms with van der Waals surface area (Å²) in [4.78, 5) is 26.4. The first-order chi connectivity index (χ1) is 18.5. The van der Waals surface area contributed by atoms with Crippen molar-refractivity contribution in [2.75, 3.05) is 13.2 Å². The number of para-hydroxylation sites is 2. The van der Waals surface area contributed by atoms with Crippen molar-refractivity contribution in [2.45, 2.75) is 19.4 Å². The highest BCUT2D eigenvalue weighted by atomic mass is 16.5. The van der Waals surface area contributed by atoms with E-state index in [1.165, 1.54) is 0 Å². The molecule has 1 aromatic heterocycles. The number of carboxylic acids is 2. The number of rotatable bonds is 13. The van der Waals surface area contributed by atoms with Gasteiger partial charge in [0, 0.05) is 17.4 Å². The number of aliphatic carboxylic acids is 2. The van der Waals surface area contributed by atoms with Gasteiger partial charge in [0.15, 0.2) is 18.1 Å². The minimum Gasteiger partial charge on any atom is -0.490 e. The Hall–Kier alpha value is -4.85. The van der Waals surface area contributed by atoms with E-state index in [2.05, 4.69) is 4.98 Å². The molecule has 194 valence electrons. The smallest absolute Gasteiger partial charge is 0.341 e. The standard InChI is InChI=1S/C30H27NO7/c32-29(33)10-5-17-36-28-18-21(11-14-24-15-13-22-6-1-3-8-25(22)31-24)12-16-27(28)37-19-23-7-2-4-9-26(23)38-20-30(34)35/h1-4,6-9,11-16,18H,5,10,17,19-20H2,(H,32,33)(H,34,35). The molecule has 0 amide bonds. The summed E-state index contributed by atoms with van der Waals surface area (Å²) in [6, 6.07) is 24.4. The van der Waals surface area contributed by atoms with E-state index in [0.29, 0.717) is 29.2 Å². The first-order valence-corrected chi connectivity index (χ1v) is 12.1. The van der Waals surface area contributed by atoms with Crippen molar-refractivity contribution in [3.63, 3.8) is 0 Å². The van der Waals surface area contributed by atoms with Gasteiger partial charge in [-0.3, -0.25) is 4.79 Å². The van der Waals surface area contributed by atoms with E-state index in [9.17, 15) is 9.59 Å². The van der Waals surface area contributed by atoms with E-state index in [1.54, 1.807) is 24.3 Å². The van der Waals surface area contributed by atoms with Crippen LogP contribution in [0.3, 0.4) is 0 Å². The zero-order valence-corrected chi connectivity index (χ0v) is 20.6. The van der Waals surface area contributed by atoms with Crippen molar-refractivity contribution >= 4 is 35.0 Å². The number of aromatic nitrogens is 1. The molecule has 8 nitrogen and oxygen atoms in total. The van der Waals surface area contributed by atoms with E-state index in [0.717, 1.165) is 22.2 Å². The maximum atomic E-state index is 10.9. The van der Waals surface area contributed by atoms with Gasteiger partial charge in [-0.25, -0.2) is 9.78 Å². The van der Waals surface area contributed by atoms with Crippen molar-refractivity contribution < 1.29 is 34.0 Å². The van der Waals surface area contributed by atoms with Crippen LogP contribution in [0.25, 0.3) is 23.1 Å². The molecule has 0 spiro atoms. The van der Waals surface area contributed by atoms with Crippen molar-refractivity contribution in [1.29, 1.82) is 0 Å². The Balaban J connectivity index is 1.51. The number of fused-ring (bicyclic) bond motifs is 1. The van der Waals surface area contributed by atoms with Crippen LogP contribution in [0.4, 0.5) is 0 Å². The van der Waals surface area contributed by atoms with E-state index in [4.69, 9.17) is 24.4 Å². The predicted molar refractivity (Wildman–Crippen MR) is 143 cm³/mol. The minimum absolute atomic E-state index is 0.00227. The fourth-order valence-corrected chi connectivity index (χ4v) is 3.68. The molecule has 4 rings (SSSR count). The molecule has 0 saturated carbocycles. The Morgan fingerprint density at radius 1 is 0.763 bits per heavy atom. The molecule has 0 aliphatic rings. The Kier molecular flexibility index (Phi) is 8.91. The Morgan fingerprint density at radius 2 is 1.58 bits per heavy atom. The molecule has 2 N–H and O–H groups in total. The van der Waals surface area contributed by atoms with Crippen LogP contribution in [-0.2, 0) is 16.2 Å². The van der Waals surface area contributed by atoms with Crippen LogP contribution in [0.15, 0.2) is 78.9 Å². The second-order valence-corrected chi connectivity index (χ2v) is 8.39. The Labute approximate surface area is 219 Å². The zero-order chi connectivity index (χ0) is 26.7. The Morgan fingerprint density at radius 3 is 2.42 bits per heavy atom. The fourth-order valence-electron chi connectivity index (χ4n) is 3.68. The quantitative estimate of drug-likeness (QED) is 0.219. The third kappa shape index (κ3) is 7.57. The Bertz CT molecular complexity index is 1450. The first kappa shape index (κ1) is 26.2. The molecule has 0 saturated heterocycles. The van der Waals surface area contributed by atoms with Gasteiger partial charge >= 0.3 is 11.9 Å². The van der Waals surface area contributed by atoms with Crippen LogP contribution in [0, 0.1) is 0 Å². The van der Waals surface area contributed by atoms with Gasteiger partial charge in [-0.15, -0.1) is 0 Å². The molecule has 0 fully saturated rings. The zero-order valence-electron chi connectivity index (χ0n) is 20.6. The minimum atomic E-state index is -1.07. The number of carboxylic acid groups (broad SMARTS) is 2. The lowest BCUT2D eigenvalue weighted by Gasteiger charge is -2.15. The lowest BCUT2D eigenvalue weighted by atomic mass is 10.1. The fraction of sp³-hybridized carbons (Fsp3) is 0.167. The molecule has 38 heavy (non-hydrogen) atoms. The molecule has 3 aromatic carbocycles. The van der Waals surface area contributed by atoms with Gasteiger partial charge in [-0.05, 0) is 48.4 Å². The summed E-state index contributed by atoms with van der Waals surface area (Å²) in [5, 5.41) is 18.9. The van der Waals surface area contributed by atoms with E-state index >= 15 is 0 Å². The number of ether oxygens (including phenoxy) is 3. The molecule has 0 bridgehead atoms. The molecule has 0 atom stereocenters. The molecule has 8 heteroatoms. The topological polar surface area (TPSA) is 115 Å². The van der Waals surface area contributed by atoms with Gasteiger partial charge in [0.05, 0.1) is 17.8 Å². The third-order valence-electron chi connectivity index (χ3n) is 5.53. The number of benzene rings is 3. The summed E-state index contributed by atoms with van der Waals surface area (Å²) in [5.74, 6) is -0.605. The molecular weight excluding hydrogens is 486 g/mol. The lowest BCUT2D eigenvalue weighted by Crippen LogP contribution is -2.11. The molecular formula is C30H27NO7. The average molecular weight is 514 g/mol. The van der Waals surface area contributed by atoms with Crippen molar-refractivity contribution in [3.05, 3.63) is 95.7 Å². The van der Waals surface area contributed by atoms with E-state index in [1.807, 2.05) is 66.7 Å². The summed E-state index contributed by atoms with van der Waals surface area (Å²) in [5.41, 5.74) is 3.25. The molecule has 0 aliphatic heterocycles. The second kappa shape index (κ2) is 12.9. The molecule has 0 radical (unpaired) electrons. The summed E-state index contributed by atoms with van der Waals surface area (Å²) in [6.07, 6.45) is 4.17. The van der Waals surface area contributed by atoms with Crippen LogP contribution in [0.2, 0.25) is 0 Å². The average Bonchev–Trinajstić information content (AvgIpc) is 2.92. The summed E-state index contributed by atoms with van der Waals surface area (Å²) < 4.78 is 17.3. The maximum absolute atomic E-state index is 10.9. The van der Waals surface area contributed by atoms with Gasteiger partial charge in [0.2, 0.25) is 0 Å². The van der Waals surface area contributed by atoms with Crippen LogP contribution in [0.1, 0.15) is 29.7 Å². The highest BCUT2D eigenvalue weighted by molar-refractivity contribution is 5.81. The molecule has 4 aromatic rings. The van der Waals surface area contributed by atoms with Gasteiger partial charge in [-0.2, -0.15) is 0 Å². The van der Waals surface area contributed by atoms with Crippen LogP contribution in [0.5, 0.6) is 17.2 Å². The third-order valence-corrected chi connectivity index (χ3v) is 5.53. The monoisotopic (exact) mass is 513 g/mol. The predicted octanol–water partition coefficient (Wildman–Crippen LogP) is 5.69. The van der Waals surface area contributed by atoms with Crippen molar-refractivity contribution in [1.82, 2.24) is 4.98 Å². The maximum Gasteiger partial charge on any atom is 0.341 e. The lowest BCUT2D eigenvalue weighted by molar-refractivity contribution is -0.139. The number of hydrogen-bond acceptors (Lipinski definition) is 6. The first-order valence-electron chi connectivity index (χ1n) is 12.1. The van der Waals surface area contributed by atoms with Gasteiger partial charge < -0.3 is 24.4 Å². The van der Waals surface area contributed by atoms with Crippen LogP contribution < -0.4 is 14.2 Å². The SMILES string of the molecule is O=C(O)CCCOc1cc(C=Cc2ccc3ccccc3n2)ccc1OCc1ccccc1OCC(=O)O. The largest absolute Gasteiger partial charge is 0.490 e. The summed E-state index contributed by atoms with van der Waals surface area (Å²) in [7, 11) is 0. The van der Waals surface area contributed by atoms with E-state index in [-0.39, 0.29) is 19.6 Å². The number of pyridine rings is 1. The summed E-state index contributed by atoms with van der Waals surface area (Å²) in [6.45, 7) is -0.125. The summed E-state index contributed by atoms with van der Waals surface area (Å²) >= 11 is 0. The van der Waals surface area contributed by atoms with Gasteiger partial charge in [0.1, 0.15) is 12.4 Å².